The predicted molar refractivity (Wildman–Crippen MR) is 186 cm³/mol. The van der Waals surface area contributed by atoms with Crippen molar-refractivity contribution in [2.75, 3.05) is 7.11 Å². The minimum atomic E-state index is -2.16. The highest BCUT2D eigenvalue weighted by Gasteiger charge is 2.46. The number of rotatable bonds is 15. The van der Waals surface area contributed by atoms with E-state index >= 15 is 0 Å². The third kappa shape index (κ3) is 10.1. The molecule has 0 radical (unpaired) electrons. The molecule has 2 aromatic heterocycles. The van der Waals surface area contributed by atoms with Gasteiger partial charge in [0.25, 0.3) is 0 Å². The number of esters is 2. The molecule has 3 rings (SSSR count). The Labute approximate surface area is 282 Å². The van der Waals surface area contributed by atoms with E-state index in [1.165, 1.54) is 19.6 Å². The summed E-state index contributed by atoms with van der Waals surface area (Å²) in [6.07, 6.45) is 20.9. The van der Waals surface area contributed by atoms with Crippen molar-refractivity contribution in [1.82, 2.24) is 9.97 Å². The molecule has 0 amide bonds. The smallest absolute Gasteiger partial charge is 0.360 e. The van der Waals surface area contributed by atoms with Crippen LogP contribution in [0.3, 0.4) is 0 Å². The molecule has 1 aliphatic rings. The summed E-state index contributed by atoms with van der Waals surface area (Å²) < 4.78 is 28.4. The molecule has 9 nitrogen and oxygen atoms in total. The van der Waals surface area contributed by atoms with E-state index in [0.717, 1.165) is 6.42 Å². The van der Waals surface area contributed by atoms with Gasteiger partial charge >= 0.3 is 11.9 Å². The van der Waals surface area contributed by atoms with Crippen LogP contribution in [-0.4, -0.2) is 49.5 Å². The average molecular weight is 716 g/mol. The zero-order chi connectivity index (χ0) is 34.1. The Hall–Kier alpha value is -3.28. The SMILES string of the molecule is CC=CC(O[Si](C)(C)C(C)(C)C)C(C)(C)C(CC=C[C@H]1C[C@H]1/C=C/C=C\c1nc(C(=O)OC)co1)OC(=O)c1coc(/C=C\Br)n1. The van der Waals surface area contributed by atoms with Crippen LogP contribution in [0.5, 0.6) is 0 Å². The van der Waals surface area contributed by atoms with E-state index in [9.17, 15) is 9.59 Å². The fraction of sp³-hybridized carbons (Fsp3) is 0.486. The predicted octanol–water partition coefficient (Wildman–Crippen LogP) is 9.18. The molecule has 1 saturated carbocycles. The lowest BCUT2D eigenvalue weighted by molar-refractivity contribution is -0.0420. The molecule has 1 aliphatic carbocycles. The van der Waals surface area contributed by atoms with E-state index in [-0.39, 0.29) is 22.5 Å². The molecule has 0 N–H and O–H groups in total. The van der Waals surface area contributed by atoms with Crippen LogP contribution in [0.25, 0.3) is 12.2 Å². The van der Waals surface area contributed by atoms with Gasteiger partial charge in [0.1, 0.15) is 18.6 Å². The van der Waals surface area contributed by atoms with Crippen molar-refractivity contribution in [1.29, 1.82) is 0 Å². The van der Waals surface area contributed by atoms with E-state index in [2.05, 4.69) is 103 Å². The maximum Gasteiger partial charge on any atom is 0.360 e. The summed E-state index contributed by atoms with van der Waals surface area (Å²) in [5.41, 5.74) is -0.317. The molecular formula is C35H47BrN2O7Si. The molecule has 0 spiro atoms. The first-order chi connectivity index (χ1) is 21.6. The van der Waals surface area contributed by atoms with Crippen molar-refractivity contribution in [2.45, 2.75) is 84.7 Å². The number of nitrogens with zero attached hydrogens (tertiary/aromatic N) is 2. The monoisotopic (exact) mass is 714 g/mol. The second kappa shape index (κ2) is 16.0. The zero-order valence-corrected chi connectivity index (χ0v) is 30.9. The van der Waals surface area contributed by atoms with Gasteiger partial charge in [0.05, 0.1) is 13.2 Å². The van der Waals surface area contributed by atoms with Crippen molar-refractivity contribution >= 4 is 48.3 Å². The van der Waals surface area contributed by atoms with Gasteiger partial charge in [0.15, 0.2) is 19.7 Å². The molecule has 2 aromatic rings. The Morgan fingerprint density at radius 2 is 1.61 bits per heavy atom. The maximum atomic E-state index is 13.3. The van der Waals surface area contributed by atoms with Crippen LogP contribution in [0, 0.1) is 17.3 Å². The van der Waals surface area contributed by atoms with Crippen molar-refractivity contribution in [2.24, 2.45) is 17.3 Å². The van der Waals surface area contributed by atoms with E-state index in [4.69, 9.17) is 18.0 Å². The van der Waals surface area contributed by atoms with Gasteiger partial charge in [0.2, 0.25) is 11.8 Å². The number of ether oxygens (including phenoxy) is 2. The van der Waals surface area contributed by atoms with Crippen LogP contribution in [0.4, 0.5) is 0 Å². The first-order valence-electron chi connectivity index (χ1n) is 15.4. The Kier molecular flexibility index (Phi) is 12.9. The summed E-state index contributed by atoms with van der Waals surface area (Å²) in [6, 6.07) is 0. The molecule has 0 saturated heterocycles. The largest absolute Gasteiger partial charge is 0.464 e. The summed E-state index contributed by atoms with van der Waals surface area (Å²) in [4.78, 5) is 34.8. The summed E-state index contributed by atoms with van der Waals surface area (Å²) in [5, 5.41) is 0.0131. The lowest BCUT2D eigenvalue weighted by Gasteiger charge is -2.45. The molecule has 11 heteroatoms. The Balaban J connectivity index is 1.73. The van der Waals surface area contributed by atoms with E-state index in [1.54, 1.807) is 17.1 Å². The standard InChI is InChI=1S/C35H47BrN2O7Si/c1-10-14-29(45-46(8,9)34(2,3)4)35(5,6)28(44-33(40)27-23-43-31(38-27)19-20-36)17-13-16-25-21-24(25)15-11-12-18-30-37-26(22-42-30)32(39)41-7/h10-16,18-20,22-25,28-29H,17,21H2,1-9H3/b14-10?,15-11+,16-13?,18-12-,20-19-/t24-,25+,28?,29?/m1/s1. The molecule has 46 heavy (non-hydrogen) atoms. The van der Waals surface area contributed by atoms with Gasteiger partial charge in [-0.3, -0.25) is 0 Å². The quantitative estimate of drug-likeness (QED) is 0.0771. The van der Waals surface area contributed by atoms with Gasteiger partial charge in [-0.2, -0.15) is 0 Å². The minimum Gasteiger partial charge on any atom is -0.464 e. The van der Waals surface area contributed by atoms with Crippen molar-refractivity contribution in [3.05, 3.63) is 83.2 Å². The normalized spacial score (nSPS) is 19.2. The number of carbonyl (C=O) groups excluding carboxylic acids is 2. The first kappa shape index (κ1) is 37.2. The van der Waals surface area contributed by atoms with Crippen molar-refractivity contribution in [3.63, 3.8) is 0 Å². The first-order valence-corrected chi connectivity index (χ1v) is 19.2. The van der Waals surface area contributed by atoms with E-state index < -0.39 is 31.8 Å². The third-order valence-corrected chi connectivity index (χ3v) is 13.3. The second-order valence-corrected chi connectivity index (χ2v) is 18.7. The number of hydrogen-bond donors (Lipinski definition) is 0. The van der Waals surface area contributed by atoms with Crippen LogP contribution in [0.1, 0.15) is 87.1 Å². The molecule has 0 bridgehead atoms. The number of carbonyl (C=O) groups is 2. The number of aromatic nitrogens is 2. The number of oxazole rings is 2. The number of hydrogen-bond acceptors (Lipinski definition) is 9. The molecule has 250 valence electrons. The molecule has 4 atom stereocenters. The fourth-order valence-corrected chi connectivity index (χ4v) is 6.06. The van der Waals surface area contributed by atoms with Crippen LogP contribution in [0.2, 0.25) is 18.1 Å². The minimum absolute atomic E-state index is 0.0131. The molecule has 0 aliphatic heterocycles. The zero-order valence-electron chi connectivity index (χ0n) is 28.3. The van der Waals surface area contributed by atoms with Gasteiger partial charge in [-0.05, 0) is 48.3 Å². The summed E-state index contributed by atoms with van der Waals surface area (Å²) >= 11 is 3.20. The molecule has 2 heterocycles. The van der Waals surface area contributed by atoms with Gasteiger partial charge in [-0.1, -0.05) is 93.1 Å². The number of halogens is 1. The van der Waals surface area contributed by atoms with Gasteiger partial charge in [-0.15, -0.1) is 0 Å². The summed E-state index contributed by atoms with van der Waals surface area (Å²) in [6.45, 7) is 17.3. The highest BCUT2D eigenvalue weighted by Crippen LogP contribution is 2.43. The topological polar surface area (TPSA) is 114 Å². The molecule has 0 aromatic carbocycles. The lowest BCUT2D eigenvalue weighted by atomic mass is 9.79. The van der Waals surface area contributed by atoms with Gasteiger partial charge < -0.3 is 22.7 Å². The number of methoxy groups -OCH3 is 1. The highest BCUT2D eigenvalue weighted by molar-refractivity contribution is 9.11. The van der Waals surface area contributed by atoms with E-state index in [0.29, 0.717) is 30.0 Å². The third-order valence-electron chi connectivity index (χ3n) is 8.59. The average Bonchev–Trinajstić information content (AvgIpc) is 3.32. The molecule has 1 fully saturated rings. The van der Waals surface area contributed by atoms with Gasteiger partial charge in [0, 0.05) is 24.0 Å². The van der Waals surface area contributed by atoms with E-state index in [1.807, 2.05) is 25.2 Å². The fourth-order valence-electron chi connectivity index (χ4n) is 4.46. The maximum absolute atomic E-state index is 13.3. The summed E-state index contributed by atoms with van der Waals surface area (Å²) in [7, 11) is -0.857. The summed E-state index contributed by atoms with van der Waals surface area (Å²) in [5.74, 6) is 0.346. The molecular weight excluding hydrogens is 668 g/mol. The Morgan fingerprint density at radius 1 is 1.00 bits per heavy atom. The highest BCUT2D eigenvalue weighted by atomic mass is 79.9. The molecule has 2 unspecified atom stereocenters. The Morgan fingerprint density at radius 3 is 2.20 bits per heavy atom. The van der Waals surface area contributed by atoms with Crippen LogP contribution < -0.4 is 0 Å². The van der Waals surface area contributed by atoms with Crippen LogP contribution in [-0.2, 0) is 13.9 Å². The lowest BCUT2D eigenvalue weighted by Crippen LogP contribution is -2.51. The number of allylic oxidation sites excluding steroid dienone is 5. The van der Waals surface area contributed by atoms with Crippen LogP contribution >= 0.6 is 15.9 Å². The van der Waals surface area contributed by atoms with Crippen molar-refractivity contribution < 1.29 is 32.3 Å². The Bertz CT molecular complexity index is 1480. The van der Waals surface area contributed by atoms with Crippen LogP contribution in [0.15, 0.2) is 68.9 Å². The second-order valence-electron chi connectivity index (χ2n) is 13.4. The van der Waals surface area contributed by atoms with Crippen molar-refractivity contribution in [3.8, 4) is 0 Å². The van der Waals surface area contributed by atoms with Gasteiger partial charge in [-0.25, -0.2) is 19.6 Å².